The fourth-order valence-electron chi connectivity index (χ4n) is 4.48. The van der Waals surface area contributed by atoms with Crippen LogP contribution in [-0.2, 0) is 11.3 Å². The Kier molecular flexibility index (Phi) is 6.64. The quantitative estimate of drug-likeness (QED) is 0.857. The average molecular weight is 376 g/mol. The maximum atomic E-state index is 12.5. The second-order valence-corrected chi connectivity index (χ2v) is 9.55. The van der Waals surface area contributed by atoms with Gasteiger partial charge in [-0.1, -0.05) is 20.8 Å². The molecule has 5 nitrogen and oxygen atoms in total. The topological polar surface area (TPSA) is 48.7 Å². The van der Waals surface area contributed by atoms with Crippen molar-refractivity contribution in [2.24, 2.45) is 11.3 Å². The van der Waals surface area contributed by atoms with Gasteiger partial charge in [0, 0.05) is 32.2 Å². The third-order valence-corrected chi connectivity index (χ3v) is 6.32. The lowest BCUT2D eigenvalue weighted by Gasteiger charge is -2.37. The zero-order valence-corrected chi connectivity index (χ0v) is 17.6. The van der Waals surface area contributed by atoms with Gasteiger partial charge < -0.3 is 9.73 Å². The summed E-state index contributed by atoms with van der Waals surface area (Å²) in [5.74, 6) is 2.99. The predicted octanol–water partition coefficient (Wildman–Crippen LogP) is 3.43. The van der Waals surface area contributed by atoms with Gasteiger partial charge in [-0.05, 0) is 56.1 Å². The third kappa shape index (κ3) is 6.08. The van der Waals surface area contributed by atoms with Crippen molar-refractivity contribution in [3.63, 3.8) is 0 Å². The molecule has 2 aliphatic rings. The summed E-state index contributed by atoms with van der Waals surface area (Å²) in [5, 5.41) is 3.28. The van der Waals surface area contributed by atoms with Gasteiger partial charge >= 0.3 is 0 Å². The molecular weight excluding hydrogens is 338 g/mol. The van der Waals surface area contributed by atoms with Crippen LogP contribution in [0.3, 0.4) is 0 Å². The Labute approximate surface area is 164 Å². The van der Waals surface area contributed by atoms with Gasteiger partial charge in [0.25, 0.3) is 0 Å². The average Bonchev–Trinajstić information content (AvgIpc) is 3.01. The molecule has 1 amide bonds. The summed E-state index contributed by atoms with van der Waals surface area (Å²) >= 11 is 0. The molecule has 3 rings (SSSR count). The number of hydrogen-bond acceptors (Lipinski definition) is 4. The number of carbonyl (C=O) groups excluding carboxylic acids is 1. The molecule has 1 saturated carbocycles. The number of hydrogen-bond donors (Lipinski definition) is 1. The first-order valence-electron chi connectivity index (χ1n) is 10.6. The van der Waals surface area contributed by atoms with E-state index in [0.29, 0.717) is 18.0 Å². The smallest absolute Gasteiger partial charge is 0.234 e. The standard InChI is InChI=1S/C22H37N3O2/c1-17-5-10-20(27-17)15-24-11-13-25(14-12-24)16-21(26)23-19-8-6-18(7-9-19)22(2,3)4/h5,10,18-19H,6-9,11-16H2,1-4H3,(H,23,26). The third-order valence-electron chi connectivity index (χ3n) is 6.32. The lowest BCUT2D eigenvalue weighted by atomic mass is 9.71. The van der Waals surface area contributed by atoms with Crippen LogP contribution in [0.5, 0.6) is 0 Å². The monoisotopic (exact) mass is 375 g/mol. The van der Waals surface area contributed by atoms with Crippen molar-refractivity contribution >= 4 is 5.91 Å². The Balaban J connectivity index is 1.34. The molecule has 1 aliphatic carbocycles. The molecule has 0 bridgehead atoms. The van der Waals surface area contributed by atoms with E-state index in [1.54, 1.807) is 0 Å². The lowest BCUT2D eigenvalue weighted by Crippen LogP contribution is -2.50. The molecule has 1 N–H and O–H groups in total. The zero-order valence-electron chi connectivity index (χ0n) is 17.6. The van der Waals surface area contributed by atoms with Crippen LogP contribution in [0, 0.1) is 18.3 Å². The van der Waals surface area contributed by atoms with Crippen molar-refractivity contribution in [3.05, 3.63) is 23.7 Å². The largest absolute Gasteiger partial charge is 0.465 e. The molecule has 5 heteroatoms. The second kappa shape index (κ2) is 8.78. The summed E-state index contributed by atoms with van der Waals surface area (Å²) in [7, 11) is 0. The normalized spacial score (nSPS) is 25.5. The van der Waals surface area contributed by atoms with E-state index in [9.17, 15) is 4.79 Å². The summed E-state index contributed by atoms with van der Waals surface area (Å²) in [5.41, 5.74) is 0.392. The molecule has 1 aliphatic heterocycles. The minimum atomic E-state index is 0.198. The Morgan fingerprint density at radius 1 is 1.07 bits per heavy atom. The van der Waals surface area contributed by atoms with Gasteiger partial charge in [0.05, 0.1) is 13.1 Å². The van der Waals surface area contributed by atoms with Crippen molar-refractivity contribution in [1.82, 2.24) is 15.1 Å². The number of piperazine rings is 1. The van der Waals surface area contributed by atoms with Crippen LogP contribution in [0.1, 0.15) is 58.0 Å². The highest BCUT2D eigenvalue weighted by atomic mass is 16.3. The number of rotatable bonds is 5. The molecule has 2 heterocycles. The highest BCUT2D eigenvalue weighted by molar-refractivity contribution is 5.78. The zero-order chi connectivity index (χ0) is 19.4. The SMILES string of the molecule is Cc1ccc(CN2CCN(CC(=O)NC3CCC(C(C)(C)C)CC3)CC2)o1. The van der Waals surface area contributed by atoms with E-state index >= 15 is 0 Å². The molecule has 0 spiro atoms. The van der Waals surface area contributed by atoms with E-state index in [-0.39, 0.29) is 5.91 Å². The van der Waals surface area contributed by atoms with Crippen LogP contribution in [-0.4, -0.2) is 54.5 Å². The summed E-state index contributed by atoms with van der Waals surface area (Å²) < 4.78 is 5.67. The van der Waals surface area contributed by atoms with Gasteiger partial charge in [0.15, 0.2) is 0 Å². The number of furan rings is 1. The highest BCUT2D eigenvalue weighted by Gasteiger charge is 2.30. The maximum Gasteiger partial charge on any atom is 0.234 e. The molecule has 0 aromatic carbocycles. The van der Waals surface area contributed by atoms with Crippen LogP contribution >= 0.6 is 0 Å². The number of nitrogens with one attached hydrogen (secondary N) is 1. The summed E-state index contributed by atoms with van der Waals surface area (Å²) in [6.45, 7) is 14.3. The van der Waals surface area contributed by atoms with E-state index in [4.69, 9.17) is 4.42 Å². The molecule has 27 heavy (non-hydrogen) atoms. The van der Waals surface area contributed by atoms with E-state index in [1.165, 1.54) is 12.8 Å². The van der Waals surface area contributed by atoms with E-state index in [0.717, 1.165) is 63.0 Å². The fourth-order valence-corrected chi connectivity index (χ4v) is 4.48. The molecule has 0 atom stereocenters. The van der Waals surface area contributed by atoms with Crippen LogP contribution in [0.15, 0.2) is 16.5 Å². The van der Waals surface area contributed by atoms with Crippen molar-refractivity contribution in [3.8, 4) is 0 Å². The fraction of sp³-hybridized carbons (Fsp3) is 0.773. The minimum absolute atomic E-state index is 0.198. The van der Waals surface area contributed by atoms with Gasteiger partial charge in [-0.2, -0.15) is 0 Å². The highest BCUT2D eigenvalue weighted by Crippen LogP contribution is 2.37. The number of aryl methyl sites for hydroxylation is 1. The molecule has 152 valence electrons. The first-order chi connectivity index (χ1) is 12.8. The molecule has 1 aromatic rings. The lowest BCUT2D eigenvalue weighted by molar-refractivity contribution is -0.123. The van der Waals surface area contributed by atoms with Gasteiger partial charge in [0.1, 0.15) is 11.5 Å². The molecular formula is C22H37N3O2. The van der Waals surface area contributed by atoms with Crippen molar-refractivity contribution < 1.29 is 9.21 Å². The van der Waals surface area contributed by atoms with E-state index in [2.05, 4.69) is 42.0 Å². The first-order valence-corrected chi connectivity index (χ1v) is 10.6. The molecule has 0 unspecified atom stereocenters. The van der Waals surface area contributed by atoms with Gasteiger partial charge in [-0.15, -0.1) is 0 Å². The summed E-state index contributed by atoms with van der Waals surface area (Å²) in [6, 6.07) is 4.45. The minimum Gasteiger partial charge on any atom is -0.465 e. The number of carbonyl (C=O) groups is 1. The van der Waals surface area contributed by atoms with Gasteiger partial charge in [-0.25, -0.2) is 0 Å². The van der Waals surface area contributed by atoms with Crippen LogP contribution in [0.25, 0.3) is 0 Å². The number of nitrogens with zero attached hydrogens (tertiary/aromatic N) is 2. The second-order valence-electron chi connectivity index (χ2n) is 9.55. The van der Waals surface area contributed by atoms with Gasteiger partial charge in [-0.3, -0.25) is 14.6 Å². The Morgan fingerprint density at radius 3 is 2.26 bits per heavy atom. The number of amides is 1. The predicted molar refractivity (Wildman–Crippen MR) is 109 cm³/mol. The van der Waals surface area contributed by atoms with Crippen molar-refractivity contribution in [1.29, 1.82) is 0 Å². The summed E-state index contributed by atoms with van der Waals surface area (Å²) in [4.78, 5) is 17.1. The summed E-state index contributed by atoms with van der Waals surface area (Å²) in [6.07, 6.45) is 4.73. The van der Waals surface area contributed by atoms with Crippen LogP contribution < -0.4 is 5.32 Å². The van der Waals surface area contributed by atoms with E-state index in [1.807, 2.05) is 13.0 Å². The molecule has 1 aromatic heterocycles. The molecule has 2 fully saturated rings. The Bertz CT molecular complexity index is 603. The van der Waals surface area contributed by atoms with E-state index < -0.39 is 0 Å². The first kappa shape index (κ1) is 20.4. The molecule has 1 saturated heterocycles. The van der Waals surface area contributed by atoms with Crippen LogP contribution in [0.4, 0.5) is 0 Å². The molecule has 0 radical (unpaired) electrons. The Hall–Kier alpha value is -1.33. The maximum absolute atomic E-state index is 12.5. The van der Waals surface area contributed by atoms with Gasteiger partial charge in [0.2, 0.25) is 5.91 Å². The van der Waals surface area contributed by atoms with Crippen LogP contribution in [0.2, 0.25) is 0 Å². The van der Waals surface area contributed by atoms with Crippen molar-refractivity contribution in [2.75, 3.05) is 32.7 Å². The Morgan fingerprint density at radius 2 is 1.70 bits per heavy atom. The van der Waals surface area contributed by atoms with Crippen molar-refractivity contribution in [2.45, 2.75) is 66.0 Å².